The van der Waals surface area contributed by atoms with Crippen molar-refractivity contribution in [1.82, 2.24) is 15.3 Å². The number of hydrogen-bond acceptors (Lipinski definition) is 3. The Labute approximate surface area is 145 Å². The number of amides is 1. The highest BCUT2D eigenvalue weighted by Crippen LogP contribution is 2.30. The first-order valence-corrected chi connectivity index (χ1v) is 8.37. The normalized spacial score (nSPS) is 20.0. The van der Waals surface area contributed by atoms with Crippen molar-refractivity contribution in [2.75, 3.05) is 6.54 Å². The van der Waals surface area contributed by atoms with Crippen molar-refractivity contribution in [3.63, 3.8) is 0 Å². The summed E-state index contributed by atoms with van der Waals surface area (Å²) in [6.07, 6.45) is 2.39. The highest BCUT2D eigenvalue weighted by atomic mass is 16.2. The van der Waals surface area contributed by atoms with Crippen molar-refractivity contribution in [3.8, 4) is 11.3 Å². The van der Waals surface area contributed by atoms with Crippen LogP contribution in [0.5, 0.6) is 0 Å². The lowest BCUT2D eigenvalue weighted by Crippen LogP contribution is -2.37. The molecule has 5 heteroatoms. The second-order valence-corrected chi connectivity index (χ2v) is 6.82. The van der Waals surface area contributed by atoms with E-state index in [1.807, 2.05) is 44.2 Å². The van der Waals surface area contributed by atoms with E-state index < -0.39 is 5.41 Å². The molecule has 0 radical (unpaired) electrons. The van der Waals surface area contributed by atoms with Crippen molar-refractivity contribution in [1.29, 1.82) is 0 Å². The lowest BCUT2D eigenvalue weighted by molar-refractivity contribution is -0.123. The van der Waals surface area contributed by atoms with Crippen LogP contribution >= 0.6 is 0 Å². The van der Waals surface area contributed by atoms with Gasteiger partial charge >= 0.3 is 0 Å². The number of hydrogen-bond donors (Lipinski definition) is 2. The topological polar surface area (TPSA) is 74.8 Å². The molecule has 126 valence electrons. The van der Waals surface area contributed by atoms with E-state index in [0.29, 0.717) is 24.2 Å². The van der Waals surface area contributed by atoms with Crippen LogP contribution in [0.4, 0.5) is 0 Å². The van der Waals surface area contributed by atoms with Gasteiger partial charge in [0.1, 0.15) is 0 Å². The lowest BCUT2D eigenvalue weighted by atomic mass is 9.81. The van der Waals surface area contributed by atoms with Gasteiger partial charge in [-0.3, -0.25) is 14.6 Å². The summed E-state index contributed by atoms with van der Waals surface area (Å²) in [7, 11) is 0. The zero-order valence-corrected chi connectivity index (χ0v) is 14.2. The number of carbonyl (C=O) groups excluding carboxylic acids is 1. The fraction of sp³-hybridized carbons (Fsp3) is 0.250. The van der Waals surface area contributed by atoms with Crippen LogP contribution in [0, 0.1) is 6.92 Å². The minimum Gasteiger partial charge on any atom is -0.355 e. The molecule has 4 rings (SSSR count). The summed E-state index contributed by atoms with van der Waals surface area (Å²) in [5.74, 6) is -0.0891. The fourth-order valence-electron chi connectivity index (χ4n) is 3.51. The van der Waals surface area contributed by atoms with Crippen molar-refractivity contribution in [2.24, 2.45) is 0 Å². The van der Waals surface area contributed by atoms with Gasteiger partial charge in [-0.2, -0.15) is 0 Å². The number of H-pyrrole nitrogens is 1. The largest absolute Gasteiger partial charge is 0.355 e. The molecule has 2 aromatic heterocycles. The maximum absolute atomic E-state index is 12.6. The number of rotatable bonds is 2. The number of aromatic amines is 1. The van der Waals surface area contributed by atoms with E-state index >= 15 is 0 Å². The molecule has 3 aromatic rings. The molecule has 2 N–H and O–H groups in total. The monoisotopic (exact) mass is 333 g/mol. The number of fused-ring (bicyclic) bond motifs is 1. The van der Waals surface area contributed by atoms with E-state index in [0.717, 1.165) is 22.0 Å². The SMILES string of the molecule is Cc1cccc2ncc(-c3ccc([C@@]4(C)CCNC4=O)c(=O)[nH]3)cc12. The summed E-state index contributed by atoms with van der Waals surface area (Å²) < 4.78 is 0. The second-order valence-electron chi connectivity index (χ2n) is 6.82. The number of nitrogens with zero attached hydrogens (tertiary/aromatic N) is 1. The van der Waals surface area contributed by atoms with Gasteiger partial charge in [0.25, 0.3) is 5.56 Å². The molecular weight excluding hydrogens is 314 g/mol. The number of carbonyl (C=O) groups is 1. The highest BCUT2D eigenvalue weighted by molar-refractivity contribution is 5.90. The number of pyridine rings is 2. The van der Waals surface area contributed by atoms with Crippen LogP contribution in [0.15, 0.2) is 47.4 Å². The molecule has 1 amide bonds. The van der Waals surface area contributed by atoms with E-state index in [4.69, 9.17) is 0 Å². The maximum Gasteiger partial charge on any atom is 0.252 e. The molecule has 1 saturated heterocycles. The van der Waals surface area contributed by atoms with Gasteiger partial charge in [-0.1, -0.05) is 18.2 Å². The van der Waals surface area contributed by atoms with Crippen LogP contribution < -0.4 is 10.9 Å². The van der Waals surface area contributed by atoms with Gasteiger partial charge in [-0.05, 0) is 44.0 Å². The summed E-state index contributed by atoms with van der Waals surface area (Å²) in [6, 6.07) is 11.6. The second kappa shape index (κ2) is 5.55. The molecule has 1 aliphatic heterocycles. The summed E-state index contributed by atoms with van der Waals surface area (Å²) in [5, 5.41) is 3.87. The van der Waals surface area contributed by atoms with Crippen LogP contribution in [0.25, 0.3) is 22.2 Å². The van der Waals surface area contributed by atoms with Crippen molar-refractivity contribution < 1.29 is 4.79 Å². The van der Waals surface area contributed by atoms with E-state index in [9.17, 15) is 9.59 Å². The Morgan fingerprint density at radius 1 is 1.16 bits per heavy atom. The van der Waals surface area contributed by atoms with Crippen LogP contribution in [-0.4, -0.2) is 22.4 Å². The Balaban J connectivity index is 1.80. The van der Waals surface area contributed by atoms with Gasteiger partial charge in [0.05, 0.1) is 10.9 Å². The molecule has 0 bridgehead atoms. The molecule has 1 aliphatic rings. The van der Waals surface area contributed by atoms with E-state index in [-0.39, 0.29) is 11.5 Å². The van der Waals surface area contributed by atoms with Crippen LogP contribution in [0.3, 0.4) is 0 Å². The molecule has 0 spiro atoms. The van der Waals surface area contributed by atoms with Gasteiger partial charge in [0.15, 0.2) is 0 Å². The molecule has 0 aliphatic carbocycles. The van der Waals surface area contributed by atoms with Crippen LogP contribution in [0.1, 0.15) is 24.5 Å². The van der Waals surface area contributed by atoms with E-state index in [1.165, 1.54) is 0 Å². The summed E-state index contributed by atoms with van der Waals surface area (Å²) >= 11 is 0. The van der Waals surface area contributed by atoms with Crippen molar-refractivity contribution >= 4 is 16.8 Å². The van der Waals surface area contributed by atoms with Crippen molar-refractivity contribution in [3.05, 3.63) is 64.1 Å². The van der Waals surface area contributed by atoms with Gasteiger partial charge in [-0.15, -0.1) is 0 Å². The zero-order chi connectivity index (χ0) is 17.6. The Hall–Kier alpha value is -2.95. The summed E-state index contributed by atoms with van der Waals surface area (Å²) in [4.78, 5) is 32.2. The first kappa shape index (κ1) is 15.6. The van der Waals surface area contributed by atoms with Gasteiger partial charge in [-0.25, -0.2) is 0 Å². The number of aryl methyl sites for hydroxylation is 1. The molecule has 0 saturated carbocycles. The van der Waals surface area contributed by atoms with Gasteiger partial charge in [0, 0.05) is 34.9 Å². The lowest BCUT2D eigenvalue weighted by Gasteiger charge is -2.20. The molecule has 25 heavy (non-hydrogen) atoms. The van der Waals surface area contributed by atoms with Gasteiger partial charge < -0.3 is 10.3 Å². The average molecular weight is 333 g/mol. The van der Waals surface area contributed by atoms with Crippen LogP contribution in [-0.2, 0) is 10.2 Å². The first-order valence-electron chi connectivity index (χ1n) is 8.37. The summed E-state index contributed by atoms with van der Waals surface area (Å²) in [5.41, 5.74) is 3.15. The number of benzene rings is 1. The standard InChI is InChI=1S/C20H19N3O2/c1-12-4-3-5-17-14(12)10-13(11-22-17)16-7-6-15(18(24)23-16)20(2)8-9-21-19(20)25/h3-7,10-11H,8-9H2,1-2H3,(H,21,25)(H,23,24)/t20-/m1/s1. The third kappa shape index (κ3) is 2.43. The Morgan fingerprint density at radius 2 is 2.00 bits per heavy atom. The Bertz CT molecular complexity index is 1050. The number of nitrogens with one attached hydrogen (secondary N) is 2. The molecular formula is C20H19N3O2. The minimum absolute atomic E-state index is 0.0891. The molecule has 1 atom stereocenters. The quantitative estimate of drug-likeness (QED) is 0.757. The predicted octanol–water partition coefficient (Wildman–Crippen LogP) is 2.68. The molecule has 1 fully saturated rings. The molecule has 1 aromatic carbocycles. The van der Waals surface area contributed by atoms with E-state index in [1.54, 1.807) is 12.3 Å². The summed E-state index contributed by atoms with van der Waals surface area (Å²) in [6.45, 7) is 4.46. The number of aromatic nitrogens is 2. The minimum atomic E-state index is -0.760. The first-order chi connectivity index (χ1) is 12.0. The Kier molecular flexibility index (Phi) is 3.46. The third-order valence-electron chi connectivity index (χ3n) is 5.17. The smallest absolute Gasteiger partial charge is 0.252 e. The zero-order valence-electron chi connectivity index (χ0n) is 14.2. The average Bonchev–Trinajstić information content (AvgIpc) is 2.94. The van der Waals surface area contributed by atoms with Crippen molar-refractivity contribution in [2.45, 2.75) is 25.7 Å². The van der Waals surface area contributed by atoms with Crippen LogP contribution in [0.2, 0.25) is 0 Å². The molecule has 5 nitrogen and oxygen atoms in total. The van der Waals surface area contributed by atoms with E-state index in [2.05, 4.69) is 15.3 Å². The molecule has 0 unspecified atom stereocenters. The predicted molar refractivity (Wildman–Crippen MR) is 97.5 cm³/mol. The third-order valence-corrected chi connectivity index (χ3v) is 5.17. The fourth-order valence-corrected chi connectivity index (χ4v) is 3.51. The molecule has 3 heterocycles. The highest BCUT2D eigenvalue weighted by Gasteiger charge is 2.41. The van der Waals surface area contributed by atoms with Gasteiger partial charge in [0.2, 0.25) is 5.91 Å². The Morgan fingerprint density at radius 3 is 2.72 bits per heavy atom. The maximum atomic E-state index is 12.6.